The summed E-state index contributed by atoms with van der Waals surface area (Å²) in [6.07, 6.45) is 23.8. The Hall–Kier alpha value is 0.350. The smallest absolute Gasteiger partial charge is 0.00888 e. The molecule has 1 aliphatic heterocycles. The molecule has 1 heterocycles. The first-order valence-electron chi connectivity index (χ1n) is 11.0. The van der Waals surface area contributed by atoms with E-state index in [2.05, 4.69) is 25.6 Å². The number of rotatable bonds is 15. The third kappa shape index (κ3) is 7.41. The van der Waals surface area contributed by atoms with E-state index in [-0.39, 0.29) is 0 Å². The van der Waals surface area contributed by atoms with Crippen molar-refractivity contribution < 1.29 is 0 Å². The number of hydrogen-bond acceptors (Lipinski definition) is 1. The molecule has 4 atom stereocenters. The Morgan fingerprint density at radius 3 is 1.91 bits per heavy atom. The quantitative estimate of drug-likeness (QED) is 0.272. The van der Waals surface area contributed by atoms with Gasteiger partial charge >= 0.3 is 0 Å². The number of hydrogen-bond donors (Lipinski definition) is 0. The fourth-order valence-corrected chi connectivity index (χ4v) is 6.20. The molecular formula is C22H42S. The molecule has 0 radical (unpaired) electrons. The summed E-state index contributed by atoms with van der Waals surface area (Å²) in [5, 5.41) is 2.18. The summed E-state index contributed by atoms with van der Waals surface area (Å²) in [5.41, 5.74) is 0. The first kappa shape index (κ1) is 19.7. The minimum Gasteiger partial charge on any atom is -0.155 e. The van der Waals surface area contributed by atoms with Crippen LogP contribution in [0.3, 0.4) is 0 Å². The van der Waals surface area contributed by atoms with Crippen LogP contribution in [-0.4, -0.2) is 10.5 Å². The average Bonchev–Trinajstić information content (AvgIpc) is 2.53. The molecule has 2 fully saturated rings. The fourth-order valence-electron chi connectivity index (χ4n) is 4.39. The lowest BCUT2D eigenvalue weighted by Crippen LogP contribution is -2.47. The van der Waals surface area contributed by atoms with Crippen LogP contribution in [0.1, 0.15) is 117 Å². The van der Waals surface area contributed by atoms with E-state index in [0.717, 1.165) is 22.3 Å². The van der Waals surface area contributed by atoms with Crippen molar-refractivity contribution in [2.45, 2.75) is 127 Å². The number of thioether (sulfide) groups is 1. The molecular weight excluding hydrogens is 296 g/mol. The zero-order chi connectivity index (χ0) is 16.3. The van der Waals surface area contributed by atoms with Crippen molar-refractivity contribution in [3.63, 3.8) is 0 Å². The third-order valence-electron chi connectivity index (χ3n) is 6.33. The highest BCUT2D eigenvalue weighted by atomic mass is 32.2. The van der Waals surface area contributed by atoms with Crippen molar-refractivity contribution >= 4 is 11.8 Å². The Balaban J connectivity index is 1.28. The van der Waals surface area contributed by atoms with E-state index in [9.17, 15) is 0 Å². The van der Waals surface area contributed by atoms with Gasteiger partial charge in [0.15, 0.2) is 0 Å². The summed E-state index contributed by atoms with van der Waals surface area (Å²) >= 11 is 2.31. The second kappa shape index (κ2) is 11.8. The predicted molar refractivity (Wildman–Crippen MR) is 107 cm³/mol. The molecule has 4 unspecified atom stereocenters. The van der Waals surface area contributed by atoms with Crippen molar-refractivity contribution in [3.05, 3.63) is 0 Å². The molecule has 1 aliphatic carbocycles. The van der Waals surface area contributed by atoms with Gasteiger partial charge in [-0.25, -0.2) is 0 Å². The van der Waals surface area contributed by atoms with E-state index < -0.39 is 0 Å². The molecule has 1 heteroatoms. The maximum absolute atomic E-state index is 2.48. The molecule has 1 saturated carbocycles. The van der Waals surface area contributed by atoms with Gasteiger partial charge < -0.3 is 0 Å². The highest BCUT2D eigenvalue weighted by Gasteiger charge is 2.47. The van der Waals surface area contributed by atoms with Crippen molar-refractivity contribution in [3.8, 4) is 0 Å². The predicted octanol–water partition coefficient (Wildman–Crippen LogP) is 8.00. The van der Waals surface area contributed by atoms with Crippen LogP contribution in [0.25, 0.3) is 0 Å². The SMILES string of the molecule is CCCCCCCCC(C)CCCCCCCC1SC2CCC12. The highest BCUT2D eigenvalue weighted by Crippen LogP contribution is 2.56. The Kier molecular flexibility index (Phi) is 10.1. The molecule has 0 amide bonds. The topological polar surface area (TPSA) is 0 Å². The van der Waals surface area contributed by atoms with E-state index in [0.29, 0.717) is 0 Å². The van der Waals surface area contributed by atoms with Gasteiger partial charge in [0.2, 0.25) is 0 Å². The largest absolute Gasteiger partial charge is 0.155 e. The Labute approximate surface area is 151 Å². The fraction of sp³-hybridized carbons (Fsp3) is 1.00. The molecule has 2 rings (SSSR count). The maximum atomic E-state index is 2.48. The molecule has 0 nitrogen and oxygen atoms in total. The number of fused-ring (bicyclic) bond motifs is 1. The molecule has 0 N–H and O–H groups in total. The van der Waals surface area contributed by atoms with Gasteiger partial charge in [-0.1, -0.05) is 97.3 Å². The van der Waals surface area contributed by atoms with Gasteiger partial charge in [-0.05, 0) is 31.1 Å². The van der Waals surface area contributed by atoms with Crippen LogP contribution >= 0.6 is 11.8 Å². The van der Waals surface area contributed by atoms with Crippen LogP contribution in [0.4, 0.5) is 0 Å². The first-order valence-corrected chi connectivity index (χ1v) is 11.9. The lowest BCUT2D eigenvalue weighted by Gasteiger charge is -2.52. The second-order valence-electron chi connectivity index (χ2n) is 8.46. The van der Waals surface area contributed by atoms with Crippen molar-refractivity contribution in [1.29, 1.82) is 0 Å². The van der Waals surface area contributed by atoms with E-state index in [1.807, 2.05) is 0 Å². The Morgan fingerprint density at radius 2 is 1.39 bits per heavy atom. The molecule has 1 saturated heterocycles. The summed E-state index contributed by atoms with van der Waals surface area (Å²) in [7, 11) is 0. The van der Waals surface area contributed by atoms with Gasteiger partial charge in [-0.2, -0.15) is 11.8 Å². The molecule has 0 bridgehead atoms. The molecule has 2 aliphatic rings. The summed E-state index contributed by atoms with van der Waals surface area (Å²) in [5.74, 6) is 2.13. The van der Waals surface area contributed by atoms with Gasteiger partial charge in [0.1, 0.15) is 0 Å². The Bertz CT molecular complexity index is 288. The zero-order valence-electron chi connectivity index (χ0n) is 16.0. The molecule has 0 aromatic rings. The van der Waals surface area contributed by atoms with Crippen LogP contribution in [0, 0.1) is 11.8 Å². The second-order valence-corrected chi connectivity index (χ2v) is 9.94. The van der Waals surface area contributed by atoms with Gasteiger partial charge in [0, 0.05) is 10.5 Å². The van der Waals surface area contributed by atoms with E-state index >= 15 is 0 Å². The highest BCUT2D eigenvalue weighted by molar-refractivity contribution is 8.02. The molecule has 0 aromatic heterocycles. The van der Waals surface area contributed by atoms with Gasteiger partial charge in [0.05, 0.1) is 0 Å². The monoisotopic (exact) mass is 338 g/mol. The van der Waals surface area contributed by atoms with Crippen molar-refractivity contribution in [1.82, 2.24) is 0 Å². The van der Waals surface area contributed by atoms with Gasteiger partial charge in [0.25, 0.3) is 0 Å². The van der Waals surface area contributed by atoms with Crippen LogP contribution in [-0.2, 0) is 0 Å². The average molecular weight is 339 g/mol. The zero-order valence-corrected chi connectivity index (χ0v) is 16.8. The van der Waals surface area contributed by atoms with Crippen LogP contribution in [0.5, 0.6) is 0 Å². The molecule has 0 aromatic carbocycles. The normalized spacial score (nSPS) is 27.1. The van der Waals surface area contributed by atoms with E-state index in [1.54, 1.807) is 6.42 Å². The third-order valence-corrected chi connectivity index (χ3v) is 8.19. The standard InChI is InChI=1S/C22H42S/c1-3-4-5-6-8-11-14-19(2)15-12-9-7-10-13-16-21-20-17-18-22(20)23-21/h19-22H,3-18H2,1-2H3. The molecule has 23 heavy (non-hydrogen) atoms. The molecule has 0 spiro atoms. The Morgan fingerprint density at radius 1 is 0.783 bits per heavy atom. The van der Waals surface area contributed by atoms with Gasteiger partial charge in [-0.15, -0.1) is 0 Å². The summed E-state index contributed by atoms with van der Waals surface area (Å²) < 4.78 is 0. The number of unbranched alkanes of at least 4 members (excludes halogenated alkanes) is 9. The van der Waals surface area contributed by atoms with Crippen LogP contribution < -0.4 is 0 Å². The minimum atomic E-state index is 0.975. The minimum absolute atomic E-state index is 0.975. The van der Waals surface area contributed by atoms with Gasteiger partial charge in [-0.3, -0.25) is 0 Å². The summed E-state index contributed by atoms with van der Waals surface area (Å²) in [6.45, 7) is 4.78. The van der Waals surface area contributed by atoms with E-state index in [1.165, 1.54) is 96.3 Å². The van der Waals surface area contributed by atoms with E-state index in [4.69, 9.17) is 0 Å². The molecule has 136 valence electrons. The van der Waals surface area contributed by atoms with Crippen LogP contribution in [0.15, 0.2) is 0 Å². The van der Waals surface area contributed by atoms with Crippen molar-refractivity contribution in [2.75, 3.05) is 0 Å². The first-order chi connectivity index (χ1) is 11.3. The lowest BCUT2D eigenvalue weighted by molar-refractivity contribution is 0.273. The summed E-state index contributed by atoms with van der Waals surface area (Å²) in [4.78, 5) is 0. The maximum Gasteiger partial charge on any atom is 0.00888 e. The lowest BCUT2D eigenvalue weighted by atomic mass is 9.79. The van der Waals surface area contributed by atoms with Crippen LogP contribution in [0.2, 0.25) is 0 Å². The van der Waals surface area contributed by atoms with Crippen molar-refractivity contribution in [2.24, 2.45) is 11.8 Å². The summed E-state index contributed by atoms with van der Waals surface area (Å²) in [6, 6.07) is 0.